The van der Waals surface area contributed by atoms with Crippen LogP contribution in [-0.2, 0) is 23.9 Å². The van der Waals surface area contributed by atoms with Gasteiger partial charge in [-0.15, -0.1) is 0 Å². The Hall–Kier alpha value is -3.09. The lowest BCUT2D eigenvalue weighted by Crippen LogP contribution is -2.38. The first-order valence-corrected chi connectivity index (χ1v) is 6.75. The van der Waals surface area contributed by atoms with Gasteiger partial charge in [0.05, 0.1) is 20.3 Å². The summed E-state index contributed by atoms with van der Waals surface area (Å²) in [6.07, 6.45) is 4.26. The van der Waals surface area contributed by atoms with Gasteiger partial charge in [0.15, 0.2) is 0 Å². The lowest BCUT2D eigenvalue weighted by atomic mass is 10.0. The molecule has 1 aliphatic rings. The monoisotopic (exact) mass is 316 g/mol. The highest BCUT2D eigenvalue weighted by Gasteiger charge is 2.29. The molecule has 0 aliphatic carbocycles. The lowest BCUT2D eigenvalue weighted by molar-refractivity contribution is -0.140. The third-order valence-corrected chi connectivity index (χ3v) is 3.34. The van der Waals surface area contributed by atoms with Gasteiger partial charge in [-0.3, -0.25) is 4.79 Å². The predicted octanol–water partition coefficient (Wildman–Crippen LogP) is 0.947. The van der Waals surface area contributed by atoms with Crippen LogP contribution in [0.4, 0.5) is 0 Å². The zero-order valence-electron chi connectivity index (χ0n) is 12.7. The predicted molar refractivity (Wildman–Crippen MR) is 81.4 cm³/mol. The molecule has 7 heteroatoms. The van der Waals surface area contributed by atoms with Crippen LogP contribution in [0.3, 0.4) is 0 Å². The van der Waals surface area contributed by atoms with Gasteiger partial charge in [-0.1, -0.05) is 24.3 Å². The molecule has 1 atom stereocenters. The van der Waals surface area contributed by atoms with Crippen LogP contribution in [0.25, 0.3) is 6.08 Å². The number of hydrogen-bond acceptors (Lipinski definition) is 6. The average molecular weight is 316 g/mol. The number of hydrogen-bond donors (Lipinski definition) is 1. The van der Waals surface area contributed by atoms with Gasteiger partial charge in [0, 0.05) is 11.8 Å². The molecule has 1 aromatic carbocycles. The summed E-state index contributed by atoms with van der Waals surface area (Å²) in [7, 11) is 2.41. The minimum absolute atomic E-state index is 0.0514. The Bertz CT molecular complexity index is 681. The van der Waals surface area contributed by atoms with Gasteiger partial charge in [0.2, 0.25) is 6.41 Å². The number of carbonyl (C=O) groups excluding carboxylic acids is 3. The van der Waals surface area contributed by atoms with Gasteiger partial charge in [-0.2, -0.15) is 0 Å². The van der Waals surface area contributed by atoms with Crippen LogP contribution in [0, 0.1) is 0 Å². The van der Waals surface area contributed by atoms with E-state index in [1.165, 1.54) is 19.1 Å². The SMILES string of the molecule is COC(=O)/C=C(\C(=O)OC)N1C=Cc2ccccc2C1NC=O. The molecular weight excluding hydrogens is 300 g/mol. The Morgan fingerprint density at radius 1 is 1.22 bits per heavy atom. The second-order valence-electron chi connectivity index (χ2n) is 4.58. The highest BCUT2D eigenvalue weighted by molar-refractivity contribution is 5.96. The Morgan fingerprint density at radius 2 is 1.96 bits per heavy atom. The number of fused-ring (bicyclic) bond motifs is 1. The summed E-state index contributed by atoms with van der Waals surface area (Å²) in [4.78, 5) is 36.0. The van der Waals surface area contributed by atoms with Crippen molar-refractivity contribution in [2.24, 2.45) is 0 Å². The van der Waals surface area contributed by atoms with Crippen LogP contribution >= 0.6 is 0 Å². The number of amides is 1. The number of carbonyl (C=O) groups is 3. The molecule has 0 saturated carbocycles. The molecule has 0 saturated heterocycles. The number of rotatable bonds is 5. The maximum absolute atomic E-state index is 12.0. The fourth-order valence-electron chi connectivity index (χ4n) is 2.28. The molecule has 0 spiro atoms. The standard InChI is InChI=1S/C16H16N2O5/c1-22-14(20)9-13(16(21)23-2)18-8-7-11-5-3-4-6-12(11)15(18)17-10-19/h3-10,15H,1-2H3,(H,17,19)/b13-9+. The van der Waals surface area contributed by atoms with Crippen LogP contribution in [0.2, 0.25) is 0 Å². The minimum atomic E-state index is -0.725. The average Bonchev–Trinajstić information content (AvgIpc) is 2.59. The number of methoxy groups -OCH3 is 2. The zero-order valence-corrected chi connectivity index (χ0v) is 12.7. The summed E-state index contributed by atoms with van der Waals surface area (Å²) >= 11 is 0. The number of ether oxygens (including phenoxy) is 2. The first-order chi connectivity index (χ1) is 11.1. The Balaban J connectivity index is 2.50. The maximum atomic E-state index is 12.0. The molecule has 1 N–H and O–H groups in total. The summed E-state index contributed by atoms with van der Waals surface area (Å²) in [5.74, 6) is -1.43. The second kappa shape index (κ2) is 7.26. The largest absolute Gasteiger partial charge is 0.466 e. The van der Waals surface area contributed by atoms with Gasteiger partial charge in [-0.25, -0.2) is 9.59 Å². The highest BCUT2D eigenvalue weighted by Crippen LogP contribution is 2.31. The summed E-state index contributed by atoms with van der Waals surface area (Å²) in [5, 5.41) is 2.63. The molecule has 0 radical (unpaired) electrons. The Kier molecular flexibility index (Phi) is 5.14. The van der Waals surface area contributed by atoms with E-state index in [1.54, 1.807) is 12.3 Å². The van der Waals surface area contributed by atoms with Crippen molar-refractivity contribution in [3.63, 3.8) is 0 Å². The van der Waals surface area contributed by atoms with Gasteiger partial charge in [0.25, 0.3) is 0 Å². The van der Waals surface area contributed by atoms with E-state index in [9.17, 15) is 14.4 Å². The van der Waals surface area contributed by atoms with Crippen molar-refractivity contribution in [2.45, 2.75) is 6.17 Å². The fraction of sp³-hybridized carbons (Fsp3) is 0.188. The smallest absolute Gasteiger partial charge is 0.355 e. The Morgan fingerprint density at radius 3 is 2.61 bits per heavy atom. The fourth-order valence-corrected chi connectivity index (χ4v) is 2.28. The van der Waals surface area contributed by atoms with Crippen molar-refractivity contribution in [1.29, 1.82) is 0 Å². The first-order valence-electron chi connectivity index (χ1n) is 6.75. The molecule has 1 aromatic rings. The maximum Gasteiger partial charge on any atom is 0.355 e. The molecular formula is C16H16N2O5. The van der Waals surface area contributed by atoms with Gasteiger partial charge >= 0.3 is 11.9 Å². The molecule has 1 heterocycles. The first kappa shape index (κ1) is 16.3. The van der Waals surface area contributed by atoms with Crippen LogP contribution in [0.15, 0.2) is 42.2 Å². The number of esters is 2. The zero-order chi connectivity index (χ0) is 16.8. The van der Waals surface area contributed by atoms with Crippen molar-refractivity contribution in [3.05, 3.63) is 53.4 Å². The van der Waals surface area contributed by atoms with Crippen LogP contribution in [-0.4, -0.2) is 37.5 Å². The molecule has 23 heavy (non-hydrogen) atoms. The molecule has 0 bridgehead atoms. The molecule has 1 aliphatic heterocycles. The lowest BCUT2D eigenvalue weighted by Gasteiger charge is -2.34. The molecule has 1 amide bonds. The molecule has 7 nitrogen and oxygen atoms in total. The van der Waals surface area contributed by atoms with Gasteiger partial charge < -0.3 is 19.7 Å². The molecule has 1 unspecified atom stereocenters. The summed E-state index contributed by atoms with van der Waals surface area (Å²) < 4.78 is 9.29. The van der Waals surface area contributed by atoms with Crippen molar-refractivity contribution in [2.75, 3.05) is 14.2 Å². The van der Waals surface area contributed by atoms with E-state index in [2.05, 4.69) is 10.1 Å². The quantitative estimate of drug-likeness (QED) is 0.494. The second-order valence-corrected chi connectivity index (χ2v) is 4.58. The third-order valence-electron chi connectivity index (χ3n) is 3.34. The number of nitrogens with zero attached hydrogens (tertiary/aromatic N) is 1. The Labute approximate surface area is 133 Å². The topological polar surface area (TPSA) is 84.9 Å². The van der Waals surface area contributed by atoms with Crippen LogP contribution in [0.5, 0.6) is 0 Å². The van der Waals surface area contributed by atoms with E-state index in [-0.39, 0.29) is 5.70 Å². The van der Waals surface area contributed by atoms with E-state index in [1.807, 2.05) is 24.3 Å². The summed E-state index contributed by atoms with van der Waals surface area (Å²) in [6.45, 7) is 0. The van der Waals surface area contributed by atoms with Crippen LogP contribution in [0.1, 0.15) is 17.3 Å². The van der Waals surface area contributed by atoms with E-state index in [0.29, 0.717) is 6.41 Å². The van der Waals surface area contributed by atoms with E-state index >= 15 is 0 Å². The van der Waals surface area contributed by atoms with Gasteiger partial charge in [0.1, 0.15) is 11.9 Å². The molecule has 2 rings (SSSR count). The van der Waals surface area contributed by atoms with Crippen LogP contribution < -0.4 is 5.32 Å². The normalized spacial score (nSPS) is 16.3. The van der Waals surface area contributed by atoms with Crippen molar-refractivity contribution in [3.8, 4) is 0 Å². The van der Waals surface area contributed by atoms with E-state index in [0.717, 1.165) is 17.2 Å². The molecule has 0 aromatic heterocycles. The van der Waals surface area contributed by atoms with E-state index < -0.39 is 18.1 Å². The highest BCUT2D eigenvalue weighted by atomic mass is 16.5. The van der Waals surface area contributed by atoms with Crippen molar-refractivity contribution < 1.29 is 23.9 Å². The molecule has 120 valence electrons. The summed E-state index contributed by atoms with van der Waals surface area (Å²) in [6, 6.07) is 7.38. The van der Waals surface area contributed by atoms with Crippen molar-refractivity contribution in [1.82, 2.24) is 10.2 Å². The number of benzene rings is 1. The van der Waals surface area contributed by atoms with Crippen molar-refractivity contribution >= 4 is 24.4 Å². The van der Waals surface area contributed by atoms with E-state index in [4.69, 9.17) is 4.74 Å². The van der Waals surface area contributed by atoms with Gasteiger partial charge in [-0.05, 0) is 11.6 Å². The summed E-state index contributed by atoms with van der Waals surface area (Å²) in [5.41, 5.74) is 1.62. The molecule has 0 fully saturated rings. The third kappa shape index (κ3) is 3.39. The minimum Gasteiger partial charge on any atom is -0.466 e. The number of nitrogens with one attached hydrogen (secondary N) is 1.